The first-order valence-corrected chi connectivity index (χ1v) is 12.4. The van der Waals surface area contributed by atoms with Gasteiger partial charge in [0.1, 0.15) is 0 Å². The SMILES string of the molecule is CN(C)CC(=O)N(C)c1ccc(NC(=C2C(=O)Nc3cc(Cl)ccc32)c2ccc(CCC(=O)O)cc2)cc1. The molecule has 2 amide bonds. The number of amides is 2. The molecule has 1 aliphatic rings. The number of hydrogen-bond donors (Lipinski definition) is 3. The smallest absolute Gasteiger partial charge is 0.303 e. The number of likely N-dealkylation sites (N-methyl/N-ethyl adjacent to an activating group) is 2. The zero-order chi connectivity index (χ0) is 27.4. The summed E-state index contributed by atoms with van der Waals surface area (Å²) in [6.07, 6.45) is 0.457. The van der Waals surface area contributed by atoms with Crippen molar-refractivity contribution in [2.24, 2.45) is 0 Å². The van der Waals surface area contributed by atoms with Gasteiger partial charge in [0.25, 0.3) is 5.91 Å². The zero-order valence-corrected chi connectivity index (χ0v) is 22.2. The highest BCUT2D eigenvalue weighted by Gasteiger charge is 2.28. The van der Waals surface area contributed by atoms with E-state index >= 15 is 0 Å². The molecular formula is C29H29ClN4O4. The van der Waals surface area contributed by atoms with Crippen molar-refractivity contribution in [2.45, 2.75) is 12.8 Å². The van der Waals surface area contributed by atoms with Gasteiger partial charge in [-0.2, -0.15) is 0 Å². The Morgan fingerprint density at radius 2 is 1.66 bits per heavy atom. The molecule has 4 rings (SSSR count). The predicted octanol–water partition coefficient (Wildman–Crippen LogP) is 4.81. The van der Waals surface area contributed by atoms with Crippen molar-refractivity contribution in [1.82, 2.24) is 4.90 Å². The number of fused-ring (bicyclic) bond motifs is 1. The van der Waals surface area contributed by atoms with Gasteiger partial charge in [-0.3, -0.25) is 14.4 Å². The first-order chi connectivity index (χ1) is 18.1. The summed E-state index contributed by atoms with van der Waals surface area (Å²) in [5.41, 5.74) is 5.55. The molecule has 3 N–H and O–H groups in total. The van der Waals surface area contributed by atoms with E-state index < -0.39 is 5.97 Å². The fourth-order valence-corrected chi connectivity index (χ4v) is 4.37. The molecule has 9 heteroatoms. The highest BCUT2D eigenvalue weighted by atomic mass is 35.5. The molecule has 0 saturated heterocycles. The summed E-state index contributed by atoms with van der Waals surface area (Å²) in [7, 11) is 5.42. The van der Waals surface area contributed by atoms with Crippen LogP contribution in [0.15, 0.2) is 66.7 Å². The molecule has 0 radical (unpaired) electrons. The first kappa shape index (κ1) is 26.9. The van der Waals surface area contributed by atoms with E-state index in [2.05, 4.69) is 10.6 Å². The lowest BCUT2D eigenvalue weighted by Crippen LogP contribution is -2.34. The molecule has 0 spiro atoms. The van der Waals surface area contributed by atoms with Gasteiger partial charge >= 0.3 is 5.97 Å². The molecule has 1 heterocycles. The monoisotopic (exact) mass is 532 g/mol. The quantitative estimate of drug-likeness (QED) is 0.342. The Hall–Kier alpha value is -4.14. The van der Waals surface area contributed by atoms with E-state index in [4.69, 9.17) is 16.7 Å². The highest BCUT2D eigenvalue weighted by molar-refractivity contribution is 6.38. The zero-order valence-electron chi connectivity index (χ0n) is 21.4. The lowest BCUT2D eigenvalue weighted by molar-refractivity contribution is -0.137. The first-order valence-electron chi connectivity index (χ1n) is 12.1. The minimum absolute atomic E-state index is 0.0283. The van der Waals surface area contributed by atoms with Crippen molar-refractivity contribution in [3.05, 3.63) is 88.4 Å². The molecule has 0 bridgehead atoms. The number of hydrogen-bond acceptors (Lipinski definition) is 5. The van der Waals surface area contributed by atoms with Crippen LogP contribution in [0.1, 0.15) is 23.1 Å². The van der Waals surface area contributed by atoms with Gasteiger partial charge in [0.15, 0.2) is 0 Å². The van der Waals surface area contributed by atoms with E-state index in [-0.39, 0.29) is 18.2 Å². The molecule has 3 aromatic carbocycles. The molecular weight excluding hydrogens is 504 g/mol. The molecule has 0 unspecified atom stereocenters. The van der Waals surface area contributed by atoms with Crippen molar-refractivity contribution in [3.8, 4) is 0 Å². The van der Waals surface area contributed by atoms with Crippen LogP contribution in [-0.2, 0) is 20.8 Å². The number of rotatable bonds is 9. The topological polar surface area (TPSA) is 102 Å². The third kappa shape index (κ3) is 6.22. The predicted molar refractivity (Wildman–Crippen MR) is 151 cm³/mol. The van der Waals surface area contributed by atoms with Crippen LogP contribution in [0.2, 0.25) is 5.02 Å². The molecule has 1 aliphatic heterocycles. The number of aliphatic carboxylic acids is 1. The number of benzene rings is 3. The molecule has 0 fully saturated rings. The summed E-state index contributed by atoms with van der Waals surface area (Å²) >= 11 is 6.15. The van der Waals surface area contributed by atoms with Gasteiger partial charge in [-0.25, -0.2) is 0 Å². The lowest BCUT2D eigenvalue weighted by atomic mass is 9.98. The summed E-state index contributed by atoms with van der Waals surface area (Å²) in [6, 6.07) is 20.1. The van der Waals surface area contributed by atoms with E-state index in [9.17, 15) is 14.4 Å². The van der Waals surface area contributed by atoms with Gasteiger partial charge in [0, 0.05) is 35.4 Å². The molecule has 196 valence electrons. The van der Waals surface area contributed by atoms with E-state index in [0.717, 1.165) is 28.1 Å². The van der Waals surface area contributed by atoms with Crippen LogP contribution >= 0.6 is 11.6 Å². The number of carboxylic acids is 1. The number of carboxylic acid groups (broad SMARTS) is 1. The van der Waals surface area contributed by atoms with Gasteiger partial charge in [-0.1, -0.05) is 41.9 Å². The number of carbonyl (C=O) groups excluding carboxylic acids is 2. The Morgan fingerprint density at radius 3 is 2.29 bits per heavy atom. The van der Waals surface area contributed by atoms with Crippen molar-refractivity contribution in [2.75, 3.05) is 43.2 Å². The molecule has 0 atom stereocenters. The molecule has 0 aromatic heterocycles. The van der Waals surface area contributed by atoms with Crippen LogP contribution < -0.4 is 15.5 Å². The average Bonchev–Trinajstić information content (AvgIpc) is 3.20. The number of aryl methyl sites for hydroxylation is 1. The minimum Gasteiger partial charge on any atom is -0.481 e. The number of nitrogens with one attached hydrogen (secondary N) is 2. The minimum atomic E-state index is -0.853. The maximum atomic E-state index is 13.1. The van der Waals surface area contributed by atoms with Crippen molar-refractivity contribution < 1.29 is 19.5 Å². The Kier molecular flexibility index (Phi) is 8.14. The fourth-order valence-electron chi connectivity index (χ4n) is 4.19. The van der Waals surface area contributed by atoms with Crippen LogP contribution in [0, 0.1) is 0 Å². The Morgan fingerprint density at radius 1 is 0.974 bits per heavy atom. The highest BCUT2D eigenvalue weighted by Crippen LogP contribution is 2.39. The normalized spacial score (nSPS) is 13.7. The van der Waals surface area contributed by atoms with Gasteiger partial charge in [-0.15, -0.1) is 0 Å². The second-order valence-corrected chi connectivity index (χ2v) is 9.78. The molecule has 0 saturated carbocycles. The van der Waals surface area contributed by atoms with Crippen molar-refractivity contribution in [1.29, 1.82) is 0 Å². The van der Waals surface area contributed by atoms with E-state index in [0.29, 0.717) is 34.9 Å². The third-order valence-corrected chi connectivity index (χ3v) is 6.43. The van der Waals surface area contributed by atoms with Crippen molar-refractivity contribution in [3.63, 3.8) is 0 Å². The molecule has 8 nitrogen and oxygen atoms in total. The van der Waals surface area contributed by atoms with Gasteiger partial charge in [0.2, 0.25) is 5.91 Å². The van der Waals surface area contributed by atoms with Crippen molar-refractivity contribution >= 4 is 57.7 Å². The van der Waals surface area contributed by atoms with Gasteiger partial charge in [-0.05, 0) is 68.0 Å². The van der Waals surface area contributed by atoms with Crippen LogP contribution in [0.25, 0.3) is 11.3 Å². The summed E-state index contributed by atoms with van der Waals surface area (Å²) in [4.78, 5) is 39.9. The maximum Gasteiger partial charge on any atom is 0.303 e. The number of halogens is 1. The second kappa shape index (κ2) is 11.5. The molecule has 3 aromatic rings. The molecule has 38 heavy (non-hydrogen) atoms. The summed E-state index contributed by atoms with van der Waals surface area (Å²) in [6.45, 7) is 0.299. The van der Waals surface area contributed by atoms with E-state index in [1.807, 2.05) is 73.6 Å². The lowest BCUT2D eigenvalue weighted by Gasteiger charge is -2.20. The summed E-state index contributed by atoms with van der Waals surface area (Å²) in [5, 5.41) is 15.8. The fraction of sp³-hybridized carbons (Fsp3) is 0.207. The van der Waals surface area contributed by atoms with Gasteiger partial charge in [0.05, 0.1) is 23.5 Å². The van der Waals surface area contributed by atoms with Crippen LogP contribution in [0.5, 0.6) is 0 Å². The number of nitrogens with zero attached hydrogens (tertiary/aromatic N) is 2. The van der Waals surface area contributed by atoms with E-state index in [1.54, 1.807) is 24.1 Å². The van der Waals surface area contributed by atoms with Gasteiger partial charge < -0.3 is 25.5 Å². The van der Waals surface area contributed by atoms with Crippen LogP contribution in [0.4, 0.5) is 17.1 Å². The number of carbonyl (C=O) groups is 3. The Labute approximate surface area is 226 Å². The Balaban J connectivity index is 1.70. The van der Waals surface area contributed by atoms with Crippen LogP contribution in [-0.4, -0.2) is 55.5 Å². The summed E-state index contributed by atoms with van der Waals surface area (Å²) in [5.74, 6) is -1.14. The number of anilines is 3. The third-order valence-electron chi connectivity index (χ3n) is 6.20. The maximum absolute atomic E-state index is 13.1. The Bertz CT molecular complexity index is 1400. The second-order valence-electron chi connectivity index (χ2n) is 9.35. The van der Waals surface area contributed by atoms with Crippen LogP contribution in [0.3, 0.4) is 0 Å². The summed E-state index contributed by atoms with van der Waals surface area (Å²) < 4.78 is 0. The molecule has 0 aliphatic carbocycles. The average molecular weight is 533 g/mol. The standard InChI is InChI=1S/C29H29ClN4O4/c1-33(2)17-25(35)34(3)22-12-10-21(11-13-22)31-28(19-7-4-18(5-8-19)6-15-26(36)37)27-23-14-9-20(30)16-24(23)32-29(27)38/h4-5,7-14,16,31H,6,15,17H2,1-3H3,(H,32,38)(H,36,37). The largest absolute Gasteiger partial charge is 0.481 e. The van der Waals surface area contributed by atoms with E-state index in [1.165, 1.54) is 0 Å².